The number of anilines is 1. The highest BCUT2D eigenvalue weighted by molar-refractivity contribution is 9.10. The molecular weight excluding hydrogens is 266 g/mol. The summed E-state index contributed by atoms with van der Waals surface area (Å²) in [7, 11) is 2.19. The van der Waals surface area contributed by atoms with Gasteiger partial charge in [-0.2, -0.15) is 0 Å². The summed E-state index contributed by atoms with van der Waals surface area (Å²) >= 11 is 3.57. The summed E-state index contributed by atoms with van der Waals surface area (Å²) < 4.78 is 1.08. The number of hydrogen-bond donors (Lipinski definition) is 1. The number of hydrogen-bond acceptors (Lipinski definition) is 3. The molecule has 0 aliphatic carbocycles. The van der Waals surface area contributed by atoms with Crippen LogP contribution in [0.5, 0.6) is 0 Å². The van der Waals surface area contributed by atoms with E-state index in [0.717, 1.165) is 16.8 Å². The van der Waals surface area contributed by atoms with Gasteiger partial charge in [-0.15, -0.1) is 0 Å². The molecule has 1 aliphatic rings. The van der Waals surface area contributed by atoms with E-state index in [-0.39, 0.29) is 0 Å². The van der Waals surface area contributed by atoms with Crippen LogP contribution in [-0.4, -0.2) is 36.1 Å². The Labute approximate surface area is 105 Å². The molecule has 1 aliphatic heterocycles. The van der Waals surface area contributed by atoms with Crippen LogP contribution in [-0.2, 0) is 0 Å². The Balaban J connectivity index is 1.96. The number of aromatic nitrogens is 1. The van der Waals surface area contributed by atoms with Gasteiger partial charge in [0.25, 0.3) is 0 Å². The lowest BCUT2D eigenvalue weighted by molar-refractivity contribution is 0.322. The molecule has 16 heavy (non-hydrogen) atoms. The van der Waals surface area contributed by atoms with Gasteiger partial charge in [0.05, 0.1) is 4.47 Å². The number of aryl methyl sites for hydroxylation is 1. The van der Waals surface area contributed by atoms with Crippen LogP contribution in [0.3, 0.4) is 0 Å². The van der Waals surface area contributed by atoms with Crippen LogP contribution in [0.1, 0.15) is 18.4 Å². The maximum Gasteiger partial charge on any atom is 0.140 e. The molecule has 2 rings (SSSR count). The first-order chi connectivity index (χ1) is 7.68. The first-order valence-electron chi connectivity index (χ1n) is 5.73. The van der Waals surface area contributed by atoms with E-state index in [0.29, 0.717) is 6.04 Å². The molecule has 2 heterocycles. The van der Waals surface area contributed by atoms with Gasteiger partial charge in [0.2, 0.25) is 0 Å². The van der Waals surface area contributed by atoms with Crippen molar-refractivity contribution in [1.82, 2.24) is 9.88 Å². The van der Waals surface area contributed by atoms with Gasteiger partial charge in [-0.05, 0) is 60.9 Å². The molecule has 0 radical (unpaired) electrons. The van der Waals surface area contributed by atoms with Crippen molar-refractivity contribution in [3.63, 3.8) is 0 Å². The second kappa shape index (κ2) is 5.15. The van der Waals surface area contributed by atoms with Crippen molar-refractivity contribution in [3.05, 3.63) is 22.3 Å². The van der Waals surface area contributed by atoms with Gasteiger partial charge in [-0.1, -0.05) is 0 Å². The molecule has 3 nitrogen and oxygen atoms in total. The molecule has 1 atom stereocenters. The van der Waals surface area contributed by atoms with Crippen LogP contribution >= 0.6 is 15.9 Å². The minimum Gasteiger partial charge on any atom is -0.368 e. The van der Waals surface area contributed by atoms with E-state index in [4.69, 9.17) is 0 Å². The van der Waals surface area contributed by atoms with Crippen molar-refractivity contribution in [2.45, 2.75) is 25.8 Å². The minimum absolute atomic E-state index is 0.647. The molecule has 1 unspecified atom stereocenters. The number of likely N-dealkylation sites (tertiary alicyclic amines) is 1. The fraction of sp³-hybridized carbons (Fsp3) is 0.583. The number of rotatable bonds is 3. The molecule has 88 valence electrons. The highest BCUT2D eigenvalue weighted by atomic mass is 79.9. The first-order valence-corrected chi connectivity index (χ1v) is 6.53. The zero-order valence-electron chi connectivity index (χ0n) is 9.83. The van der Waals surface area contributed by atoms with Gasteiger partial charge in [0.15, 0.2) is 0 Å². The van der Waals surface area contributed by atoms with Crippen molar-refractivity contribution in [2.24, 2.45) is 0 Å². The molecule has 1 aromatic heterocycles. The van der Waals surface area contributed by atoms with Gasteiger partial charge in [0.1, 0.15) is 5.82 Å². The Morgan fingerprint density at radius 2 is 2.44 bits per heavy atom. The monoisotopic (exact) mass is 283 g/mol. The zero-order chi connectivity index (χ0) is 11.5. The summed E-state index contributed by atoms with van der Waals surface area (Å²) in [6.45, 7) is 4.28. The second-order valence-electron chi connectivity index (χ2n) is 4.45. The molecule has 4 heteroatoms. The molecular formula is C12H18BrN3. The van der Waals surface area contributed by atoms with Crippen molar-refractivity contribution in [3.8, 4) is 0 Å². The summed E-state index contributed by atoms with van der Waals surface area (Å²) in [5, 5.41) is 3.43. The van der Waals surface area contributed by atoms with Crippen LogP contribution in [0.4, 0.5) is 5.82 Å². The molecule has 0 saturated carbocycles. The van der Waals surface area contributed by atoms with Gasteiger partial charge in [-0.25, -0.2) is 4.98 Å². The van der Waals surface area contributed by atoms with E-state index < -0.39 is 0 Å². The fourth-order valence-electron chi connectivity index (χ4n) is 2.12. The first kappa shape index (κ1) is 11.9. The van der Waals surface area contributed by atoms with Crippen LogP contribution < -0.4 is 5.32 Å². The summed E-state index contributed by atoms with van der Waals surface area (Å²) in [6, 6.07) is 2.66. The molecule has 0 spiro atoms. The molecule has 0 bridgehead atoms. The van der Waals surface area contributed by atoms with E-state index in [9.17, 15) is 0 Å². The lowest BCUT2D eigenvalue weighted by atomic mass is 10.2. The SMILES string of the molecule is Cc1ccnc(NCC2CCCN2C)c1Br. The standard InChI is InChI=1S/C12H18BrN3/c1-9-5-6-14-12(11(9)13)15-8-10-4-3-7-16(10)2/h5-6,10H,3-4,7-8H2,1-2H3,(H,14,15). The second-order valence-corrected chi connectivity index (χ2v) is 5.24. The summed E-state index contributed by atoms with van der Waals surface area (Å²) in [4.78, 5) is 6.76. The van der Waals surface area contributed by atoms with Gasteiger partial charge in [-0.3, -0.25) is 0 Å². The summed E-state index contributed by atoms with van der Waals surface area (Å²) in [6.07, 6.45) is 4.44. The van der Waals surface area contributed by atoms with Gasteiger partial charge < -0.3 is 10.2 Å². The molecule has 0 amide bonds. The van der Waals surface area contributed by atoms with Crippen molar-refractivity contribution in [2.75, 3.05) is 25.5 Å². The molecule has 1 aromatic rings. The van der Waals surface area contributed by atoms with Gasteiger partial charge >= 0.3 is 0 Å². The maximum atomic E-state index is 4.35. The average Bonchev–Trinajstić information content (AvgIpc) is 2.67. The van der Waals surface area contributed by atoms with Crippen molar-refractivity contribution >= 4 is 21.7 Å². The van der Waals surface area contributed by atoms with E-state index in [1.807, 2.05) is 12.3 Å². The number of halogens is 1. The lowest BCUT2D eigenvalue weighted by Crippen LogP contribution is -2.31. The quantitative estimate of drug-likeness (QED) is 0.925. The maximum absolute atomic E-state index is 4.35. The number of pyridine rings is 1. The number of nitrogens with one attached hydrogen (secondary N) is 1. The molecule has 1 N–H and O–H groups in total. The largest absolute Gasteiger partial charge is 0.368 e. The Kier molecular flexibility index (Phi) is 3.82. The Morgan fingerprint density at radius 3 is 3.12 bits per heavy atom. The zero-order valence-corrected chi connectivity index (χ0v) is 11.4. The molecule has 1 saturated heterocycles. The van der Waals surface area contributed by atoms with E-state index >= 15 is 0 Å². The van der Waals surface area contributed by atoms with Gasteiger partial charge in [0, 0.05) is 18.8 Å². The van der Waals surface area contributed by atoms with Crippen molar-refractivity contribution in [1.29, 1.82) is 0 Å². The smallest absolute Gasteiger partial charge is 0.140 e. The Morgan fingerprint density at radius 1 is 1.62 bits per heavy atom. The Hall–Kier alpha value is -0.610. The average molecular weight is 284 g/mol. The van der Waals surface area contributed by atoms with E-state index in [2.05, 4.69) is 45.1 Å². The molecule has 1 fully saturated rings. The fourth-order valence-corrected chi connectivity index (χ4v) is 2.49. The van der Waals surface area contributed by atoms with Crippen LogP contribution in [0.15, 0.2) is 16.7 Å². The summed E-state index contributed by atoms with van der Waals surface area (Å²) in [5.74, 6) is 0.959. The highest BCUT2D eigenvalue weighted by Crippen LogP contribution is 2.24. The Bertz CT molecular complexity index is 367. The third-order valence-electron chi connectivity index (χ3n) is 3.26. The van der Waals surface area contributed by atoms with E-state index in [1.54, 1.807) is 0 Å². The topological polar surface area (TPSA) is 28.2 Å². The normalized spacial score (nSPS) is 21.3. The lowest BCUT2D eigenvalue weighted by Gasteiger charge is -2.20. The number of likely N-dealkylation sites (N-methyl/N-ethyl adjacent to an activating group) is 1. The summed E-state index contributed by atoms with van der Waals surface area (Å²) in [5.41, 5.74) is 1.22. The highest BCUT2D eigenvalue weighted by Gasteiger charge is 2.20. The third kappa shape index (κ3) is 2.55. The van der Waals surface area contributed by atoms with Crippen molar-refractivity contribution < 1.29 is 0 Å². The van der Waals surface area contributed by atoms with Crippen LogP contribution in [0.2, 0.25) is 0 Å². The number of nitrogens with zero attached hydrogens (tertiary/aromatic N) is 2. The minimum atomic E-state index is 0.647. The van der Waals surface area contributed by atoms with Crippen LogP contribution in [0, 0.1) is 6.92 Å². The third-order valence-corrected chi connectivity index (χ3v) is 4.26. The van der Waals surface area contributed by atoms with E-state index in [1.165, 1.54) is 24.9 Å². The predicted octanol–water partition coefficient (Wildman–Crippen LogP) is 2.66. The predicted molar refractivity (Wildman–Crippen MR) is 70.8 cm³/mol. The molecule has 0 aromatic carbocycles. The van der Waals surface area contributed by atoms with Crippen LogP contribution in [0.25, 0.3) is 0 Å².